The molecule has 8 heteroatoms. The SMILES string of the molecule is COc1ccc(C)cc1S(=O)(=O)N[C@@H](Cc1ccccc1)C(=O)N1CCN(C/C=C/c2ccccc2)CC1. The average molecular weight is 534 g/mol. The van der Waals surface area contributed by atoms with E-state index in [1.165, 1.54) is 7.11 Å². The molecule has 0 bridgehead atoms. The van der Waals surface area contributed by atoms with Crippen molar-refractivity contribution in [1.29, 1.82) is 0 Å². The molecule has 1 N–H and O–H groups in total. The van der Waals surface area contributed by atoms with Crippen LogP contribution >= 0.6 is 0 Å². The standard InChI is InChI=1S/C30H35N3O4S/c1-24-15-16-28(37-2)29(22-24)38(35,36)31-27(23-26-12-7-4-8-13-26)30(34)33-20-18-32(19-21-33)17-9-14-25-10-5-3-6-11-25/h3-16,22,27,31H,17-21,23H2,1-2H3/b14-9+/t27-/m0/s1. The molecule has 1 aliphatic heterocycles. The Hall–Kier alpha value is -3.46. The van der Waals surface area contributed by atoms with Crippen molar-refractivity contribution in [2.75, 3.05) is 39.8 Å². The van der Waals surface area contributed by atoms with Crippen molar-refractivity contribution in [3.63, 3.8) is 0 Å². The number of hydrogen-bond donors (Lipinski definition) is 1. The minimum absolute atomic E-state index is 0.0286. The first kappa shape index (κ1) is 27.6. The number of methoxy groups -OCH3 is 1. The molecule has 1 heterocycles. The molecule has 1 atom stereocenters. The molecule has 200 valence electrons. The highest BCUT2D eigenvalue weighted by Gasteiger charge is 2.32. The molecule has 3 aromatic rings. The highest BCUT2D eigenvalue weighted by atomic mass is 32.2. The molecule has 3 aromatic carbocycles. The molecular weight excluding hydrogens is 498 g/mol. The third-order valence-electron chi connectivity index (χ3n) is 6.64. The van der Waals surface area contributed by atoms with Crippen LogP contribution in [0.2, 0.25) is 0 Å². The van der Waals surface area contributed by atoms with E-state index in [4.69, 9.17) is 4.74 Å². The number of sulfonamides is 1. The fraction of sp³-hybridized carbons (Fsp3) is 0.300. The molecular formula is C30H35N3O4S. The monoisotopic (exact) mass is 533 g/mol. The van der Waals surface area contributed by atoms with E-state index in [0.717, 1.165) is 36.3 Å². The molecule has 0 saturated carbocycles. The summed E-state index contributed by atoms with van der Waals surface area (Å²) in [7, 11) is -2.58. The first-order valence-electron chi connectivity index (χ1n) is 12.8. The van der Waals surface area contributed by atoms with Gasteiger partial charge in [-0.1, -0.05) is 78.9 Å². The van der Waals surface area contributed by atoms with Gasteiger partial charge in [-0.15, -0.1) is 0 Å². The van der Waals surface area contributed by atoms with Crippen molar-refractivity contribution < 1.29 is 17.9 Å². The smallest absolute Gasteiger partial charge is 0.244 e. The molecule has 0 radical (unpaired) electrons. The van der Waals surface area contributed by atoms with Crippen molar-refractivity contribution in [2.45, 2.75) is 24.3 Å². The van der Waals surface area contributed by atoms with Gasteiger partial charge in [0.25, 0.3) is 0 Å². The number of carbonyl (C=O) groups excluding carboxylic acids is 1. The number of benzene rings is 3. The number of piperazine rings is 1. The van der Waals surface area contributed by atoms with Gasteiger partial charge in [0.05, 0.1) is 7.11 Å². The second-order valence-electron chi connectivity index (χ2n) is 9.46. The molecule has 0 aliphatic carbocycles. The van der Waals surface area contributed by atoms with Gasteiger partial charge >= 0.3 is 0 Å². The number of ether oxygens (including phenoxy) is 1. The summed E-state index contributed by atoms with van der Waals surface area (Å²) < 4.78 is 34.9. The van der Waals surface area contributed by atoms with E-state index in [1.54, 1.807) is 23.1 Å². The van der Waals surface area contributed by atoms with Crippen molar-refractivity contribution in [2.24, 2.45) is 0 Å². The predicted molar refractivity (Wildman–Crippen MR) is 150 cm³/mol. The lowest BCUT2D eigenvalue weighted by molar-refractivity contribution is -0.134. The lowest BCUT2D eigenvalue weighted by atomic mass is 10.1. The summed E-state index contributed by atoms with van der Waals surface area (Å²) in [6, 6.07) is 23.7. The average Bonchev–Trinajstić information content (AvgIpc) is 2.94. The van der Waals surface area contributed by atoms with Gasteiger partial charge in [0, 0.05) is 32.7 Å². The Bertz CT molecular complexity index is 1340. The van der Waals surface area contributed by atoms with Crippen LogP contribution in [-0.4, -0.2) is 70.0 Å². The minimum atomic E-state index is -4.02. The zero-order valence-corrected chi connectivity index (χ0v) is 22.7. The highest BCUT2D eigenvalue weighted by molar-refractivity contribution is 7.89. The molecule has 1 fully saturated rings. The van der Waals surface area contributed by atoms with Crippen LogP contribution in [0, 0.1) is 6.92 Å². The Kier molecular flexibility index (Phi) is 9.33. The summed E-state index contributed by atoms with van der Waals surface area (Å²) in [6.45, 7) is 5.14. The van der Waals surface area contributed by atoms with Crippen molar-refractivity contribution in [3.05, 3.63) is 102 Å². The van der Waals surface area contributed by atoms with Crippen LogP contribution in [0.1, 0.15) is 16.7 Å². The van der Waals surface area contributed by atoms with E-state index in [1.807, 2.05) is 55.5 Å². The second-order valence-corrected chi connectivity index (χ2v) is 11.1. The quantitative estimate of drug-likeness (QED) is 0.430. The topological polar surface area (TPSA) is 78.9 Å². The van der Waals surface area contributed by atoms with E-state index in [2.05, 4.69) is 33.9 Å². The van der Waals surface area contributed by atoms with Crippen LogP contribution < -0.4 is 9.46 Å². The molecule has 7 nitrogen and oxygen atoms in total. The molecule has 0 spiro atoms. The van der Waals surface area contributed by atoms with E-state index >= 15 is 0 Å². The third kappa shape index (κ3) is 7.31. The van der Waals surface area contributed by atoms with Crippen LogP contribution in [0.3, 0.4) is 0 Å². The van der Waals surface area contributed by atoms with Gasteiger partial charge in [-0.05, 0) is 42.2 Å². The molecule has 0 unspecified atom stereocenters. The maximum absolute atomic E-state index is 13.7. The zero-order chi connectivity index (χ0) is 27.0. The second kappa shape index (κ2) is 12.9. The number of nitrogens with one attached hydrogen (secondary N) is 1. The third-order valence-corrected chi connectivity index (χ3v) is 8.14. The van der Waals surface area contributed by atoms with Crippen molar-refractivity contribution in [3.8, 4) is 5.75 Å². The van der Waals surface area contributed by atoms with Crippen LogP contribution in [0.15, 0.2) is 89.8 Å². The fourth-order valence-electron chi connectivity index (χ4n) is 4.55. The Morgan fingerprint density at radius 3 is 2.29 bits per heavy atom. The number of nitrogens with zero attached hydrogens (tertiary/aromatic N) is 2. The Labute approximate surface area is 225 Å². The molecule has 1 amide bonds. The number of hydrogen-bond acceptors (Lipinski definition) is 5. The first-order valence-corrected chi connectivity index (χ1v) is 14.3. The van der Waals surface area contributed by atoms with Crippen molar-refractivity contribution >= 4 is 22.0 Å². The predicted octanol–water partition coefficient (Wildman–Crippen LogP) is 3.75. The van der Waals surface area contributed by atoms with Crippen LogP contribution in [0.25, 0.3) is 6.08 Å². The lowest BCUT2D eigenvalue weighted by Gasteiger charge is -2.36. The maximum atomic E-state index is 13.7. The number of carbonyl (C=O) groups is 1. The minimum Gasteiger partial charge on any atom is -0.495 e. The van der Waals surface area contributed by atoms with Gasteiger partial charge in [-0.2, -0.15) is 4.72 Å². The summed E-state index contributed by atoms with van der Waals surface area (Å²) in [5, 5.41) is 0. The highest BCUT2D eigenvalue weighted by Crippen LogP contribution is 2.25. The summed E-state index contributed by atoms with van der Waals surface area (Å²) in [6.07, 6.45) is 4.49. The Balaban J connectivity index is 1.45. The van der Waals surface area contributed by atoms with Gasteiger partial charge < -0.3 is 9.64 Å². The zero-order valence-electron chi connectivity index (χ0n) is 21.9. The van der Waals surface area contributed by atoms with Gasteiger partial charge in [0.15, 0.2) is 0 Å². The molecule has 0 aromatic heterocycles. The summed E-state index contributed by atoms with van der Waals surface area (Å²) in [5.74, 6) is 0.0229. The largest absolute Gasteiger partial charge is 0.495 e. The molecule has 1 aliphatic rings. The van der Waals surface area contributed by atoms with Gasteiger partial charge in [0.1, 0.15) is 16.7 Å². The normalized spacial score (nSPS) is 15.5. The first-order chi connectivity index (χ1) is 18.4. The van der Waals surface area contributed by atoms with Gasteiger partial charge in [-0.25, -0.2) is 8.42 Å². The lowest BCUT2D eigenvalue weighted by Crippen LogP contribution is -2.55. The number of amides is 1. The summed E-state index contributed by atoms with van der Waals surface area (Å²) in [4.78, 5) is 17.8. The van der Waals surface area contributed by atoms with E-state index < -0.39 is 16.1 Å². The van der Waals surface area contributed by atoms with E-state index in [9.17, 15) is 13.2 Å². The fourth-order valence-corrected chi connectivity index (χ4v) is 5.99. The van der Waals surface area contributed by atoms with Gasteiger partial charge in [-0.3, -0.25) is 9.69 Å². The molecule has 38 heavy (non-hydrogen) atoms. The Morgan fingerprint density at radius 2 is 1.63 bits per heavy atom. The van der Waals surface area contributed by atoms with E-state index in [-0.39, 0.29) is 23.0 Å². The van der Waals surface area contributed by atoms with Crippen LogP contribution in [0.5, 0.6) is 5.75 Å². The Morgan fingerprint density at radius 1 is 0.974 bits per heavy atom. The van der Waals surface area contributed by atoms with E-state index in [0.29, 0.717) is 13.1 Å². The summed E-state index contributed by atoms with van der Waals surface area (Å²) >= 11 is 0. The van der Waals surface area contributed by atoms with Crippen LogP contribution in [-0.2, 0) is 21.2 Å². The van der Waals surface area contributed by atoms with Gasteiger partial charge in [0.2, 0.25) is 15.9 Å². The number of rotatable bonds is 10. The van der Waals surface area contributed by atoms with Crippen LogP contribution in [0.4, 0.5) is 0 Å². The number of aryl methyl sites for hydroxylation is 1. The molecule has 4 rings (SSSR count). The van der Waals surface area contributed by atoms with Crippen molar-refractivity contribution in [1.82, 2.24) is 14.5 Å². The maximum Gasteiger partial charge on any atom is 0.244 e. The molecule has 1 saturated heterocycles. The summed E-state index contributed by atoms with van der Waals surface area (Å²) in [5.41, 5.74) is 2.83.